The first-order valence-electron chi connectivity index (χ1n) is 7.88. The molecule has 1 atom stereocenters. The van der Waals surface area contributed by atoms with Crippen molar-refractivity contribution in [1.29, 1.82) is 0 Å². The SMILES string of the molecule is COc1ccc(OC)c(C(C)NC(=O)CCNC(=O)c2cccs2)c1. The van der Waals surface area contributed by atoms with Crippen LogP contribution in [0.3, 0.4) is 0 Å². The van der Waals surface area contributed by atoms with E-state index in [1.54, 1.807) is 32.4 Å². The summed E-state index contributed by atoms with van der Waals surface area (Å²) >= 11 is 1.37. The highest BCUT2D eigenvalue weighted by Gasteiger charge is 2.15. The largest absolute Gasteiger partial charge is 0.497 e. The van der Waals surface area contributed by atoms with Gasteiger partial charge in [0.15, 0.2) is 0 Å². The number of carbonyl (C=O) groups excluding carboxylic acids is 2. The Hall–Kier alpha value is -2.54. The summed E-state index contributed by atoms with van der Waals surface area (Å²) in [5.41, 5.74) is 0.831. The third-order valence-electron chi connectivity index (χ3n) is 3.66. The molecule has 0 saturated carbocycles. The van der Waals surface area contributed by atoms with Crippen LogP contribution in [-0.2, 0) is 4.79 Å². The smallest absolute Gasteiger partial charge is 0.261 e. The number of hydrogen-bond acceptors (Lipinski definition) is 5. The van der Waals surface area contributed by atoms with Gasteiger partial charge in [-0.2, -0.15) is 0 Å². The van der Waals surface area contributed by atoms with Crippen LogP contribution in [-0.4, -0.2) is 32.6 Å². The zero-order valence-electron chi connectivity index (χ0n) is 14.5. The zero-order chi connectivity index (χ0) is 18.2. The van der Waals surface area contributed by atoms with Crippen LogP contribution in [0, 0.1) is 0 Å². The lowest BCUT2D eigenvalue weighted by Gasteiger charge is -2.18. The number of amides is 2. The highest BCUT2D eigenvalue weighted by atomic mass is 32.1. The van der Waals surface area contributed by atoms with Crippen molar-refractivity contribution in [2.75, 3.05) is 20.8 Å². The molecule has 0 aliphatic carbocycles. The van der Waals surface area contributed by atoms with Gasteiger partial charge in [0.1, 0.15) is 11.5 Å². The van der Waals surface area contributed by atoms with E-state index in [4.69, 9.17) is 9.47 Å². The Balaban J connectivity index is 1.86. The normalized spacial score (nSPS) is 11.5. The topological polar surface area (TPSA) is 76.7 Å². The van der Waals surface area contributed by atoms with Gasteiger partial charge >= 0.3 is 0 Å². The molecule has 1 unspecified atom stereocenters. The summed E-state index contributed by atoms with van der Waals surface area (Å²) in [4.78, 5) is 24.6. The Morgan fingerprint density at radius 3 is 2.64 bits per heavy atom. The first kappa shape index (κ1) is 18.8. The molecule has 2 amide bonds. The molecular weight excluding hydrogens is 340 g/mol. The molecule has 2 N–H and O–H groups in total. The summed E-state index contributed by atoms with van der Waals surface area (Å²) in [6.07, 6.45) is 0.202. The van der Waals surface area contributed by atoms with E-state index in [1.807, 2.05) is 24.4 Å². The van der Waals surface area contributed by atoms with Crippen LogP contribution >= 0.6 is 11.3 Å². The number of thiophene rings is 1. The maximum absolute atomic E-state index is 12.1. The zero-order valence-corrected chi connectivity index (χ0v) is 15.3. The van der Waals surface area contributed by atoms with Crippen molar-refractivity contribution < 1.29 is 19.1 Å². The summed E-state index contributed by atoms with van der Waals surface area (Å²) in [5.74, 6) is 1.06. The van der Waals surface area contributed by atoms with E-state index < -0.39 is 0 Å². The second kappa shape index (κ2) is 9.08. The summed E-state index contributed by atoms with van der Waals surface area (Å²) in [6, 6.07) is 8.76. The Morgan fingerprint density at radius 1 is 1.20 bits per heavy atom. The Kier molecular flexibility index (Phi) is 6.82. The van der Waals surface area contributed by atoms with Crippen LogP contribution in [0.5, 0.6) is 11.5 Å². The van der Waals surface area contributed by atoms with Gasteiger partial charge in [0.05, 0.1) is 25.1 Å². The van der Waals surface area contributed by atoms with Crippen molar-refractivity contribution >= 4 is 23.2 Å². The number of carbonyl (C=O) groups is 2. The lowest BCUT2D eigenvalue weighted by molar-refractivity contribution is -0.121. The van der Waals surface area contributed by atoms with Gasteiger partial charge in [-0.25, -0.2) is 0 Å². The average Bonchev–Trinajstić information content (AvgIpc) is 3.15. The van der Waals surface area contributed by atoms with Gasteiger partial charge in [-0.3, -0.25) is 9.59 Å². The third-order valence-corrected chi connectivity index (χ3v) is 4.53. The molecular formula is C18H22N2O4S. The van der Waals surface area contributed by atoms with Gasteiger partial charge in [-0.15, -0.1) is 11.3 Å². The average molecular weight is 362 g/mol. The summed E-state index contributed by atoms with van der Waals surface area (Å²) in [7, 11) is 3.17. The van der Waals surface area contributed by atoms with Crippen molar-refractivity contribution in [2.24, 2.45) is 0 Å². The van der Waals surface area contributed by atoms with Gasteiger partial charge in [-0.1, -0.05) is 6.07 Å². The van der Waals surface area contributed by atoms with Crippen LogP contribution in [0.15, 0.2) is 35.7 Å². The molecule has 1 aromatic carbocycles. The van der Waals surface area contributed by atoms with E-state index in [0.717, 1.165) is 5.56 Å². The molecule has 1 heterocycles. The number of nitrogens with one attached hydrogen (secondary N) is 2. The minimum atomic E-state index is -0.245. The number of ether oxygens (including phenoxy) is 2. The third kappa shape index (κ3) is 5.22. The Bertz CT molecular complexity index is 716. The Labute approximate surface area is 151 Å². The van der Waals surface area contributed by atoms with Crippen molar-refractivity contribution in [3.63, 3.8) is 0 Å². The summed E-state index contributed by atoms with van der Waals surface area (Å²) < 4.78 is 10.6. The van der Waals surface area contributed by atoms with E-state index in [2.05, 4.69) is 10.6 Å². The van der Waals surface area contributed by atoms with Gasteiger partial charge in [-0.05, 0) is 36.6 Å². The number of benzene rings is 1. The lowest BCUT2D eigenvalue weighted by Crippen LogP contribution is -2.32. The van der Waals surface area contributed by atoms with E-state index in [9.17, 15) is 9.59 Å². The maximum atomic E-state index is 12.1. The summed E-state index contributed by atoms with van der Waals surface area (Å²) in [5, 5.41) is 7.48. The van der Waals surface area contributed by atoms with E-state index in [-0.39, 0.29) is 30.8 Å². The molecule has 0 aliphatic heterocycles. The fraction of sp³-hybridized carbons (Fsp3) is 0.333. The van der Waals surface area contributed by atoms with Gasteiger partial charge < -0.3 is 20.1 Å². The van der Waals surface area contributed by atoms with Crippen molar-refractivity contribution in [3.8, 4) is 11.5 Å². The minimum Gasteiger partial charge on any atom is -0.497 e. The van der Waals surface area contributed by atoms with Crippen molar-refractivity contribution in [2.45, 2.75) is 19.4 Å². The predicted molar refractivity (Wildman–Crippen MR) is 97.4 cm³/mol. The molecule has 0 bridgehead atoms. The molecule has 25 heavy (non-hydrogen) atoms. The van der Waals surface area contributed by atoms with E-state index >= 15 is 0 Å². The molecule has 0 fully saturated rings. The quantitative estimate of drug-likeness (QED) is 0.757. The molecule has 0 aliphatic rings. The standard InChI is InChI=1S/C18H22N2O4S/c1-12(14-11-13(23-2)6-7-15(14)24-3)20-17(21)8-9-19-18(22)16-5-4-10-25-16/h4-7,10-12H,8-9H2,1-3H3,(H,19,22)(H,20,21). The van der Waals surface area contributed by atoms with E-state index in [0.29, 0.717) is 16.4 Å². The molecule has 7 heteroatoms. The van der Waals surface area contributed by atoms with Crippen molar-refractivity contribution in [1.82, 2.24) is 10.6 Å². The monoisotopic (exact) mass is 362 g/mol. The van der Waals surface area contributed by atoms with Gasteiger partial charge in [0.25, 0.3) is 5.91 Å². The fourth-order valence-electron chi connectivity index (χ4n) is 2.35. The van der Waals surface area contributed by atoms with Crippen LogP contribution in [0.25, 0.3) is 0 Å². The highest BCUT2D eigenvalue weighted by Crippen LogP contribution is 2.29. The number of hydrogen-bond donors (Lipinski definition) is 2. The number of methoxy groups -OCH3 is 2. The molecule has 2 rings (SSSR count). The molecule has 0 saturated heterocycles. The van der Waals surface area contributed by atoms with Crippen LogP contribution in [0.1, 0.15) is 34.6 Å². The predicted octanol–water partition coefficient (Wildman–Crippen LogP) is 2.76. The van der Waals surface area contributed by atoms with Gasteiger partial charge in [0.2, 0.25) is 5.91 Å². The molecule has 6 nitrogen and oxygen atoms in total. The second-order valence-corrected chi connectivity index (χ2v) is 6.33. The molecule has 0 spiro atoms. The lowest BCUT2D eigenvalue weighted by atomic mass is 10.1. The van der Waals surface area contributed by atoms with Gasteiger partial charge in [0, 0.05) is 18.5 Å². The second-order valence-electron chi connectivity index (χ2n) is 5.38. The molecule has 0 radical (unpaired) electrons. The van der Waals surface area contributed by atoms with Crippen molar-refractivity contribution in [3.05, 3.63) is 46.2 Å². The fourth-order valence-corrected chi connectivity index (χ4v) is 2.99. The maximum Gasteiger partial charge on any atom is 0.261 e. The summed E-state index contributed by atoms with van der Waals surface area (Å²) in [6.45, 7) is 2.16. The highest BCUT2D eigenvalue weighted by molar-refractivity contribution is 7.12. The molecule has 1 aromatic heterocycles. The first-order chi connectivity index (χ1) is 12.0. The first-order valence-corrected chi connectivity index (χ1v) is 8.76. The minimum absolute atomic E-state index is 0.149. The number of rotatable bonds is 8. The molecule has 134 valence electrons. The Morgan fingerprint density at radius 2 is 2.00 bits per heavy atom. The molecule has 2 aromatic rings. The van der Waals surface area contributed by atoms with E-state index in [1.165, 1.54) is 11.3 Å². The van der Waals surface area contributed by atoms with Crippen LogP contribution < -0.4 is 20.1 Å². The van der Waals surface area contributed by atoms with Crippen LogP contribution in [0.2, 0.25) is 0 Å². The van der Waals surface area contributed by atoms with Crippen LogP contribution in [0.4, 0.5) is 0 Å².